The van der Waals surface area contributed by atoms with Crippen molar-refractivity contribution in [2.75, 3.05) is 16.5 Å². The Kier molecular flexibility index (Phi) is 7.01. The van der Waals surface area contributed by atoms with Crippen molar-refractivity contribution in [1.29, 1.82) is 0 Å². The molecule has 2 aromatic heterocycles. The number of carbonyl (C=O) groups is 1. The molecule has 0 aliphatic carbocycles. The van der Waals surface area contributed by atoms with Gasteiger partial charge in [0.2, 0.25) is 16.0 Å². The molecule has 4 aromatic rings. The zero-order chi connectivity index (χ0) is 28.9. The van der Waals surface area contributed by atoms with Crippen LogP contribution in [-0.2, 0) is 30.2 Å². The molecule has 0 saturated carbocycles. The lowest BCUT2D eigenvalue weighted by atomic mass is 10.0. The van der Waals surface area contributed by atoms with Crippen LogP contribution < -0.4 is 20.5 Å². The van der Waals surface area contributed by atoms with Gasteiger partial charge >= 0.3 is 0 Å². The minimum atomic E-state index is -3.84. The summed E-state index contributed by atoms with van der Waals surface area (Å²) in [7, 11) is -2.19. The molecule has 0 radical (unpaired) electrons. The summed E-state index contributed by atoms with van der Waals surface area (Å²) in [6.07, 6.45) is 0.864. The van der Waals surface area contributed by atoms with Crippen LogP contribution in [0.25, 0.3) is 10.9 Å². The number of nitrogens with one attached hydrogen (secondary N) is 2. The second-order valence-electron chi connectivity index (χ2n) is 9.89. The SMILES string of the molecule is Cc1cc([C@@H](C)Nc2ccc(Cl)nc2C(=O)NS(C)(=O)=O)c2nc(N3Cc4ccc(F)cc4C3)n(C)c(=O)c2c1. The molecule has 0 saturated heterocycles. The second-order valence-corrected chi connectivity index (χ2v) is 12.0. The van der Waals surface area contributed by atoms with Gasteiger partial charge in [-0.05, 0) is 60.9 Å². The van der Waals surface area contributed by atoms with E-state index in [1.165, 1.54) is 28.8 Å². The summed E-state index contributed by atoms with van der Waals surface area (Å²) in [6.45, 7) is 4.58. The number of anilines is 2. The lowest BCUT2D eigenvalue weighted by Gasteiger charge is -2.23. The summed E-state index contributed by atoms with van der Waals surface area (Å²) < 4.78 is 40.5. The zero-order valence-electron chi connectivity index (χ0n) is 22.1. The first-order valence-electron chi connectivity index (χ1n) is 12.3. The summed E-state index contributed by atoms with van der Waals surface area (Å²) in [5, 5.41) is 3.63. The largest absolute Gasteiger partial charge is 0.377 e. The van der Waals surface area contributed by atoms with E-state index in [1.807, 2.05) is 29.5 Å². The molecule has 0 bridgehead atoms. The molecule has 1 atom stereocenters. The Labute approximate surface area is 234 Å². The quantitative estimate of drug-likeness (QED) is 0.328. The maximum atomic E-state index is 13.8. The van der Waals surface area contributed by atoms with Crippen LogP contribution in [0.3, 0.4) is 0 Å². The second kappa shape index (κ2) is 10.2. The van der Waals surface area contributed by atoms with Gasteiger partial charge in [-0.15, -0.1) is 0 Å². The predicted octanol–water partition coefficient (Wildman–Crippen LogP) is 3.81. The first-order valence-corrected chi connectivity index (χ1v) is 14.6. The molecule has 1 amide bonds. The van der Waals surface area contributed by atoms with E-state index >= 15 is 0 Å². The lowest BCUT2D eigenvalue weighted by molar-refractivity contribution is 0.0977. The third-order valence-electron chi connectivity index (χ3n) is 6.70. The van der Waals surface area contributed by atoms with Gasteiger partial charge in [0.25, 0.3) is 11.5 Å². The Morgan fingerprint density at radius 1 is 1.10 bits per heavy atom. The van der Waals surface area contributed by atoms with Crippen LogP contribution in [-0.4, -0.2) is 35.1 Å². The number of hydrogen-bond acceptors (Lipinski definition) is 8. The highest BCUT2D eigenvalue weighted by Gasteiger charge is 2.26. The number of sulfonamides is 1. The average Bonchev–Trinajstić information content (AvgIpc) is 3.28. The zero-order valence-corrected chi connectivity index (χ0v) is 23.7. The summed E-state index contributed by atoms with van der Waals surface area (Å²) in [6, 6.07) is 10.8. The van der Waals surface area contributed by atoms with E-state index in [0.29, 0.717) is 35.5 Å². The van der Waals surface area contributed by atoms with Gasteiger partial charge in [0.1, 0.15) is 11.0 Å². The highest BCUT2D eigenvalue weighted by Crippen LogP contribution is 2.31. The van der Waals surface area contributed by atoms with E-state index in [9.17, 15) is 22.4 Å². The number of benzene rings is 2. The maximum absolute atomic E-state index is 13.8. The average molecular weight is 585 g/mol. The van der Waals surface area contributed by atoms with E-state index in [0.717, 1.165) is 22.9 Å². The van der Waals surface area contributed by atoms with Gasteiger partial charge < -0.3 is 10.2 Å². The van der Waals surface area contributed by atoms with Crippen LogP contribution in [0.1, 0.15) is 45.7 Å². The number of halogens is 2. The third-order valence-corrected chi connectivity index (χ3v) is 7.46. The minimum absolute atomic E-state index is 0.0131. The Morgan fingerprint density at radius 2 is 1.82 bits per heavy atom. The van der Waals surface area contributed by atoms with Crippen molar-refractivity contribution in [3.8, 4) is 0 Å². The van der Waals surface area contributed by atoms with Crippen molar-refractivity contribution in [2.24, 2.45) is 7.05 Å². The van der Waals surface area contributed by atoms with Gasteiger partial charge in [0.15, 0.2) is 5.69 Å². The van der Waals surface area contributed by atoms with Crippen molar-refractivity contribution >= 4 is 50.1 Å². The fraction of sp³-hybridized carbons (Fsp3) is 0.259. The normalized spacial score (nSPS) is 13.8. The number of carbonyl (C=O) groups excluding carboxylic acids is 1. The molecule has 13 heteroatoms. The van der Waals surface area contributed by atoms with Crippen LogP contribution in [0.15, 0.2) is 47.3 Å². The molecule has 1 aliphatic heterocycles. The minimum Gasteiger partial charge on any atom is -0.377 e. The van der Waals surface area contributed by atoms with Crippen molar-refractivity contribution in [2.45, 2.75) is 33.0 Å². The van der Waals surface area contributed by atoms with Gasteiger partial charge in [0, 0.05) is 25.7 Å². The molecule has 1 aliphatic rings. The number of aromatic nitrogens is 3. The Balaban J connectivity index is 1.56. The highest BCUT2D eigenvalue weighted by molar-refractivity contribution is 7.89. The monoisotopic (exact) mass is 584 g/mol. The van der Waals surface area contributed by atoms with Crippen LogP contribution in [0.4, 0.5) is 16.0 Å². The van der Waals surface area contributed by atoms with Gasteiger partial charge in [-0.3, -0.25) is 14.2 Å². The van der Waals surface area contributed by atoms with Gasteiger partial charge in [-0.2, -0.15) is 0 Å². The molecule has 0 spiro atoms. The van der Waals surface area contributed by atoms with E-state index in [2.05, 4.69) is 10.3 Å². The molecular weight excluding hydrogens is 559 g/mol. The van der Waals surface area contributed by atoms with Crippen LogP contribution in [0.2, 0.25) is 5.15 Å². The van der Waals surface area contributed by atoms with Gasteiger partial charge in [-0.25, -0.2) is 27.5 Å². The molecule has 3 heterocycles. The van der Waals surface area contributed by atoms with Crippen molar-refractivity contribution in [1.82, 2.24) is 19.3 Å². The van der Waals surface area contributed by atoms with Crippen molar-refractivity contribution < 1.29 is 17.6 Å². The van der Waals surface area contributed by atoms with E-state index < -0.39 is 22.0 Å². The Bertz CT molecular complexity index is 1860. The standard InChI is InChI=1S/C27H26ClFN6O4S/c1-14-9-19(15(2)30-21-7-8-22(28)31-24(21)25(36)33-40(4,38)39)23-20(10-14)26(37)34(3)27(32-23)35-12-16-5-6-18(29)11-17(16)13-35/h5-11,15,30H,12-13H2,1-4H3,(H,33,36)/t15-/m1/s1. The molecule has 0 fully saturated rings. The summed E-state index contributed by atoms with van der Waals surface area (Å²) in [4.78, 5) is 37.0. The molecule has 5 rings (SSSR count). The number of fused-ring (bicyclic) bond motifs is 2. The topological polar surface area (TPSA) is 126 Å². The van der Waals surface area contributed by atoms with Crippen LogP contribution >= 0.6 is 11.6 Å². The molecule has 2 aromatic carbocycles. The number of hydrogen-bond donors (Lipinski definition) is 2. The molecule has 40 heavy (non-hydrogen) atoms. The smallest absolute Gasteiger partial charge is 0.285 e. The maximum Gasteiger partial charge on any atom is 0.285 e. The first-order chi connectivity index (χ1) is 18.8. The van der Waals surface area contributed by atoms with Gasteiger partial charge in [0.05, 0.1) is 28.9 Å². The fourth-order valence-corrected chi connectivity index (χ4v) is 5.49. The van der Waals surface area contributed by atoms with E-state index in [1.54, 1.807) is 19.2 Å². The molecule has 208 valence electrons. The number of nitrogens with zero attached hydrogens (tertiary/aromatic N) is 4. The number of pyridine rings is 1. The van der Waals surface area contributed by atoms with Gasteiger partial charge in [-0.1, -0.05) is 23.7 Å². The highest BCUT2D eigenvalue weighted by atomic mass is 35.5. The van der Waals surface area contributed by atoms with Crippen molar-refractivity contribution in [3.63, 3.8) is 0 Å². The van der Waals surface area contributed by atoms with E-state index in [4.69, 9.17) is 16.6 Å². The molecular formula is C27H26ClFN6O4S. The van der Waals surface area contributed by atoms with E-state index in [-0.39, 0.29) is 27.9 Å². The number of aryl methyl sites for hydroxylation is 1. The molecule has 2 N–H and O–H groups in total. The van der Waals surface area contributed by atoms with Crippen molar-refractivity contribution in [3.05, 3.63) is 91.7 Å². The fourth-order valence-electron chi connectivity index (χ4n) is 4.91. The number of rotatable bonds is 6. The number of amides is 1. The third kappa shape index (κ3) is 5.36. The van der Waals surface area contributed by atoms with Crippen LogP contribution in [0, 0.1) is 12.7 Å². The Morgan fingerprint density at radius 3 is 2.55 bits per heavy atom. The summed E-state index contributed by atoms with van der Waals surface area (Å²) in [5.41, 5.74) is 3.59. The summed E-state index contributed by atoms with van der Waals surface area (Å²) >= 11 is 6.00. The lowest BCUT2D eigenvalue weighted by Crippen LogP contribution is -2.31. The van der Waals surface area contributed by atoms with Crippen LogP contribution in [0.5, 0.6) is 0 Å². The molecule has 0 unspecified atom stereocenters. The first kappa shape index (κ1) is 27.5. The predicted molar refractivity (Wildman–Crippen MR) is 152 cm³/mol. The summed E-state index contributed by atoms with van der Waals surface area (Å²) in [5.74, 6) is -0.819. The Hall–Kier alpha value is -4.03. The molecule has 10 nitrogen and oxygen atoms in total.